The van der Waals surface area contributed by atoms with Crippen molar-refractivity contribution in [3.63, 3.8) is 0 Å². The van der Waals surface area contributed by atoms with E-state index in [9.17, 15) is 0 Å². The average Bonchev–Trinajstić information content (AvgIpc) is 1.98. The topological polar surface area (TPSA) is 38.0 Å². The first-order valence-corrected chi connectivity index (χ1v) is 3.80. The predicted molar refractivity (Wildman–Crippen MR) is 63.1 cm³/mol. The zero-order valence-electron chi connectivity index (χ0n) is 7.21. The first-order valence-electron chi connectivity index (χ1n) is 3.42. The fourth-order valence-corrected chi connectivity index (χ4v) is 1.11. The van der Waals surface area contributed by atoms with Crippen molar-refractivity contribution in [1.82, 2.24) is 5.32 Å². The lowest BCUT2D eigenvalue weighted by Gasteiger charge is -2.04. The molecular formula is C8H13Cl3N2. The molecule has 76 valence electrons. The number of benzene rings is 1. The number of nitrogens with two attached hydrogens (primary N) is 1. The average molecular weight is 244 g/mol. The molecule has 0 heterocycles. The van der Waals surface area contributed by atoms with Crippen molar-refractivity contribution in [1.29, 1.82) is 0 Å². The maximum Gasteiger partial charge on any atom is 0.0410 e. The van der Waals surface area contributed by atoms with Crippen molar-refractivity contribution in [3.05, 3.63) is 28.8 Å². The maximum absolute atomic E-state index is 5.77. The fraction of sp³-hybridized carbons (Fsp3) is 0.250. The molecular weight excluding hydrogens is 230 g/mol. The molecule has 13 heavy (non-hydrogen) atoms. The van der Waals surface area contributed by atoms with Gasteiger partial charge in [0.25, 0.3) is 0 Å². The summed E-state index contributed by atoms with van der Waals surface area (Å²) in [6, 6.07) is 5.47. The molecule has 0 saturated carbocycles. The van der Waals surface area contributed by atoms with Crippen molar-refractivity contribution >= 4 is 42.1 Å². The lowest BCUT2D eigenvalue weighted by Crippen LogP contribution is -2.07. The van der Waals surface area contributed by atoms with Gasteiger partial charge >= 0.3 is 0 Å². The standard InChI is InChI=1S/C8H11ClN2.2ClH/c1-11-5-6-4-7(9)2-3-8(6)10;;/h2-4,11H,5,10H2,1H3;2*1H. The lowest BCUT2D eigenvalue weighted by molar-refractivity contribution is 0.820. The molecule has 1 rings (SSSR count). The zero-order valence-corrected chi connectivity index (χ0v) is 9.60. The number of halogens is 3. The minimum absolute atomic E-state index is 0. The van der Waals surface area contributed by atoms with Crippen LogP contribution < -0.4 is 11.1 Å². The molecule has 5 heteroatoms. The Morgan fingerprint density at radius 1 is 1.38 bits per heavy atom. The van der Waals surface area contributed by atoms with Crippen LogP contribution in [0, 0.1) is 0 Å². The summed E-state index contributed by atoms with van der Waals surface area (Å²) < 4.78 is 0. The van der Waals surface area contributed by atoms with E-state index in [-0.39, 0.29) is 24.8 Å². The van der Waals surface area contributed by atoms with Gasteiger partial charge in [-0.05, 0) is 30.8 Å². The zero-order chi connectivity index (χ0) is 8.27. The third-order valence-corrected chi connectivity index (χ3v) is 1.71. The Labute approximate surface area is 95.7 Å². The quantitative estimate of drug-likeness (QED) is 0.783. The smallest absolute Gasteiger partial charge is 0.0410 e. The number of hydrogen-bond donors (Lipinski definition) is 2. The number of rotatable bonds is 2. The Morgan fingerprint density at radius 3 is 2.54 bits per heavy atom. The third-order valence-electron chi connectivity index (χ3n) is 1.47. The third kappa shape index (κ3) is 4.58. The highest BCUT2D eigenvalue weighted by molar-refractivity contribution is 6.30. The highest BCUT2D eigenvalue weighted by atomic mass is 35.5. The van der Waals surface area contributed by atoms with Crippen molar-refractivity contribution in [2.45, 2.75) is 6.54 Å². The van der Waals surface area contributed by atoms with Gasteiger partial charge in [-0.1, -0.05) is 11.6 Å². The SMILES string of the molecule is CNCc1cc(Cl)ccc1N.Cl.Cl. The number of anilines is 1. The van der Waals surface area contributed by atoms with Crippen molar-refractivity contribution in [2.75, 3.05) is 12.8 Å². The van der Waals surface area contributed by atoms with Crippen LogP contribution in [0.15, 0.2) is 18.2 Å². The molecule has 0 aromatic heterocycles. The van der Waals surface area contributed by atoms with Gasteiger partial charge < -0.3 is 11.1 Å². The van der Waals surface area contributed by atoms with E-state index >= 15 is 0 Å². The van der Waals surface area contributed by atoms with Gasteiger partial charge in [-0.3, -0.25) is 0 Å². The van der Waals surface area contributed by atoms with Crippen molar-refractivity contribution in [3.8, 4) is 0 Å². The Hall–Kier alpha value is -0.150. The van der Waals surface area contributed by atoms with Crippen LogP contribution in [0.4, 0.5) is 5.69 Å². The highest BCUT2D eigenvalue weighted by Crippen LogP contribution is 2.17. The molecule has 0 spiro atoms. The molecule has 0 bridgehead atoms. The van der Waals surface area contributed by atoms with Crippen LogP contribution in [0.3, 0.4) is 0 Å². The fourth-order valence-electron chi connectivity index (χ4n) is 0.918. The van der Waals surface area contributed by atoms with Crippen molar-refractivity contribution in [2.24, 2.45) is 0 Å². The first-order chi connectivity index (χ1) is 5.24. The molecule has 1 aromatic carbocycles. The van der Waals surface area contributed by atoms with Crippen LogP contribution >= 0.6 is 36.4 Å². The molecule has 0 aliphatic carbocycles. The van der Waals surface area contributed by atoms with Crippen LogP contribution in [-0.4, -0.2) is 7.05 Å². The summed E-state index contributed by atoms with van der Waals surface area (Å²) in [5.41, 5.74) is 7.50. The minimum Gasteiger partial charge on any atom is -0.398 e. The van der Waals surface area contributed by atoms with E-state index in [0.29, 0.717) is 0 Å². The molecule has 0 fully saturated rings. The molecule has 0 aliphatic heterocycles. The maximum atomic E-state index is 5.77. The summed E-state index contributed by atoms with van der Waals surface area (Å²) in [5, 5.41) is 3.74. The highest BCUT2D eigenvalue weighted by Gasteiger charge is 1.97. The van der Waals surface area contributed by atoms with Crippen LogP contribution in [0.1, 0.15) is 5.56 Å². The van der Waals surface area contributed by atoms with Gasteiger partial charge in [0.1, 0.15) is 0 Å². The molecule has 0 saturated heterocycles. The summed E-state index contributed by atoms with van der Waals surface area (Å²) in [6.07, 6.45) is 0. The van der Waals surface area contributed by atoms with Crippen LogP contribution in [0.25, 0.3) is 0 Å². The monoisotopic (exact) mass is 242 g/mol. The summed E-state index contributed by atoms with van der Waals surface area (Å²) in [6.45, 7) is 0.756. The van der Waals surface area contributed by atoms with Crippen LogP contribution in [0.5, 0.6) is 0 Å². The summed E-state index contributed by atoms with van der Waals surface area (Å²) in [7, 11) is 1.88. The Morgan fingerprint density at radius 2 is 2.00 bits per heavy atom. The van der Waals surface area contributed by atoms with Gasteiger partial charge in [-0.2, -0.15) is 0 Å². The molecule has 3 N–H and O–H groups in total. The number of nitrogens with one attached hydrogen (secondary N) is 1. The first kappa shape index (κ1) is 15.3. The normalized spacial score (nSPS) is 8.46. The van der Waals surface area contributed by atoms with E-state index < -0.39 is 0 Å². The van der Waals surface area contributed by atoms with Gasteiger partial charge in [0, 0.05) is 17.3 Å². The van der Waals surface area contributed by atoms with Crippen LogP contribution in [0.2, 0.25) is 5.02 Å². The Balaban J connectivity index is 0. The van der Waals surface area contributed by atoms with Gasteiger partial charge in [0.2, 0.25) is 0 Å². The summed E-state index contributed by atoms with van der Waals surface area (Å²) in [5.74, 6) is 0. The van der Waals surface area contributed by atoms with E-state index in [1.807, 2.05) is 19.2 Å². The number of hydrogen-bond acceptors (Lipinski definition) is 2. The minimum atomic E-state index is 0. The van der Waals surface area contributed by atoms with Crippen molar-refractivity contribution < 1.29 is 0 Å². The summed E-state index contributed by atoms with van der Waals surface area (Å²) >= 11 is 5.77. The second kappa shape index (κ2) is 7.27. The molecule has 0 aliphatic rings. The van der Waals surface area contributed by atoms with Crippen LogP contribution in [-0.2, 0) is 6.54 Å². The number of nitrogen functional groups attached to an aromatic ring is 1. The Kier molecular flexibility index (Phi) is 8.57. The van der Waals surface area contributed by atoms with E-state index in [1.54, 1.807) is 6.07 Å². The van der Waals surface area contributed by atoms with E-state index in [1.165, 1.54) is 0 Å². The van der Waals surface area contributed by atoms with Gasteiger partial charge in [0.05, 0.1) is 0 Å². The second-order valence-corrected chi connectivity index (χ2v) is 2.81. The molecule has 0 amide bonds. The molecule has 0 atom stereocenters. The van der Waals surface area contributed by atoms with Gasteiger partial charge in [-0.15, -0.1) is 24.8 Å². The Bertz CT molecular complexity index is 253. The molecule has 0 radical (unpaired) electrons. The predicted octanol–water partition coefficient (Wildman–Crippen LogP) is 2.49. The molecule has 1 aromatic rings. The molecule has 2 nitrogen and oxygen atoms in total. The van der Waals surface area contributed by atoms with E-state index in [0.717, 1.165) is 22.8 Å². The lowest BCUT2D eigenvalue weighted by atomic mass is 10.2. The molecule has 0 unspecified atom stereocenters. The largest absolute Gasteiger partial charge is 0.398 e. The van der Waals surface area contributed by atoms with Gasteiger partial charge in [0.15, 0.2) is 0 Å². The summed E-state index contributed by atoms with van der Waals surface area (Å²) in [4.78, 5) is 0. The van der Waals surface area contributed by atoms with E-state index in [4.69, 9.17) is 17.3 Å². The van der Waals surface area contributed by atoms with E-state index in [2.05, 4.69) is 5.32 Å². The second-order valence-electron chi connectivity index (χ2n) is 2.37. The van der Waals surface area contributed by atoms with Gasteiger partial charge in [-0.25, -0.2) is 0 Å².